The quantitative estimate of drug-likeness (QED) is 0.192. The molecule has 0 bridgehead atoms. The van der Waals surface area contributed by atoms with E-state index >= 15 is 0 Å². The lowest BCUT2D eigenvalue weighted by Crippen LogP contribution is -2.56. The largest absolute Gasteiger partial charge is 0.368 e. The summed E-state index contributed by atoms with van der Waals surface area (Å²) in [4.78, 5) is 38.5. The van der Waals surface area contributed by atoms with Crippen LogP contribution in [0.3, 0.4) is 0 Å². The van der Waals surface area contributed by atoms with E-state index in [9.17, 15) is 9.59 Å². The van der Waals surface area contributed by atoms with Gasteiger partial charge in [-0.2, -0.15) is 5.26 Å². The van der Waals surface area contributed by atoms with Gasteiger partial charge in [-0.3, -0.25) is 19.6 Å². The molecule has 5 aliphatic carbocycles. The molecule has 6 aliphatic rings. The summed E-state index contributed by atoms with van der Waals surface area (Å²) in [6.45, 7) is 6.52. The van der Waals surface area contributed by atoms with Crippen LogP contribution in [0.1, 0.15) is 79.5 Å². The Morgan fingerprint density at radius 2 is 1.76 bits per heavy atom. The lowest BCUT2D eigenvalue weighted by molar-refractivity contribution is -0.135. The van der Waals surface area contributed by atoms with E-state index in [1.54, 1.807) is 24.8 Å². The number of aromatic nitrogens is 2. The predicted molar refractivity (Wildman–Crippen MR) is 201 cm³/mol. The minimum absolute atomic E-state index is 0.0475. The molecule has 0 N–H and O–H groups in total. The van der Waals surface area contributed by atoms with Crippen LogP contribution in [0.15, 0.2) is 85.5 Å². The zero-order valence-corrected chi connectivity index (χ0v) is 29.1. The Hall–Kier alpha value is -5.09. The molecule has 4 aromatic rings. The summed E-state index contributed by atoms with van der Waals surface area (Å²) in [5.41, 5.74) is 8.79. The van der Waals surface area contributed by atoms with E-state index in [2.05, 4.69) is 68.8 Å². The van der Waals surface area contributed by atoms with E-state index in [1.165, 1.54) is 76.1 Å². The van der Waals surface area contributed by atoms with Crippen molar-refractivity contribution in [1.82, 2.24) is 14.9 Å². The zero-order chi connectivity index (χ0) is 34.6. The molecule has 4 fully saturated rings. The summed E-state index contributed by atoms with van der Waals surface area (Å²) in [7, 11) is 0. The maximum Gasteiger partial charge on any atom is 0.226 e. The van der Waals surface area contributed by atoms with E-state index in [1.807, 2.05) is 6.07 Å². The average Bonchev–Trinajstić information content (AvgIpc) is 4.02. The summed E-state index contributed by atoms with van der Waals surface area (Å²) >= 11 is 0. The Labute approximate surface area is 299 Å². The van der Waals surface area contributed by atoms with Crippen LogP contribution >= 0.6 is 0 Å². The van der Waals surface area contributed by atoms with Crippen LogP contribution in [0, 0.1) is 29.1 Å². The molecule has 1 unspecified atom stereocenters. The maximum absolute atomic E-state index is 13.1. The number of hydrogen-bond acceptors (Lipinski definition) is 6. The number of nitrogens with zero attached hydrogens (tertiary/aromatic N) is 5. The van der Waals surface area contributed by atoms with Gasteiger partial charge in [0, 0.05) is 72.7 Å². The van der Waals surface area contributed by atoms with Crippen LogP contribution in [0.25, 0.3) is 27.1 Å². The first kappa shape index (κ1) is 31.9. The fourth-order valence-corrected chi connectivity index (χ4v) is 8.84. The molecule has 7 heteroatoms. The fourth-order valence-electron chi connectivity index (χ4n) is 8.84. The van der Waals surface area contributed by atoms with Crippen molar-refractivity contribution in [2.45, 2.75) is 69.7 Å². The monoisotopic (exact) mass is 673 g/mol. The molecule has 1 aliphatic heterocycles. The van der Waals surface area contributed by atoms with E-state index in [-0.39, 0.29) is 11.7 Å². The lowest BCUT2D eigenvalue weighted by atomic mass is 9.73. The van der Waals surface area contributed by atoms with Crippen LogP contribution in [0.5, 0.6) is 0 Å². The van der Waals surface area contributed by atoms with Gasteiger partial charge in [0.25, 0.3) is 0 Å². The zero-order valence-electron chi connectivity index (χ0n) is 29.1. The number of pyridine rings is 2. The summed E-state index contributed by atoms with van der Waals surface area (Å²) in [5.74, 6) is 2.19. The van der Waals surface area contributed by atoms with Gasteiger partial charge in [-0.05, 0) is 127 Å². The van der Waals surface area contributed by atoms with E-state index in [0.29, 0.717) is 35.3 Å². The Kier molecular flexibility index (Phi) is 8.06. The van der Waals surface area contributed by atoms with Crippen molar-refractivity contribution < 1.29 is 9.59 Å². The van der Waals surface area contributed by atoms with Crippen LogP contribution in [-0.2, 0) is 16.0 Å². The molecule has 256 valence electrons. The summed E-state index contributed by atoms with van der Waals surface area (Å²) in [5, 5.41) is 13.4. The average molecular weight is 674 g/mol. The van der Waals surface area contributed by atoms with E-state index in [4.69, 9.17) is 5.26 Å². The number of rotatable bonds is 6. The smallest absolute Gasteiger partial charge is 0.226 e. The standard InChI is InChI=1S/C35H38N2O2.C9H5N3/c1-2-34(38)30-5-3-4-25-26-12-15-29-31(21-6-7-21)18-24(19-32(29)28(26)14-13-27(25)30)36-16-17-37(35(39)23-10-11-23)33(20-36)22-8-9-22;10-3-7-4-12-6-8-5-11-2-1-9(7)8/h2-4,12,15,18-19,21-23,30,33H,1,5-11,13-14,16-17,20H2;1-2,4-6H/t30-,33?;/m1./s1. The number of nitriles is 1. The molecule has 2 aromatic heterocycles. The molecular formula is C44H43N5O2. The first-order chi connectivity index (χ1) is 25.0. The van der Waals surface area contributed by atoms with Crippen LogP contribution in [0.2, 0.25) is 0 Å². The number of piperazine rings is 1. The van der Waals surface area contributed by atoms with Crippen molar-refractivity contribution in [2.24, 2.45) is 17.8 Å². The molecule has 0 radical (unpaired) electrons. The Morgan fingerprint density at radius 3 is 2.53 bits per heavy atom. The minimum atomic E-state index is -0.0475. The number of hydrogen-bond donors (Lipinski definition) is 0. The molecule has 2 atom stereocenters. The molecule has 3 saturated carbocycles. The van der Waals surface area contributed by atoms with Crippen molar-refractivity contribution in [3.05, 3.63) is 108 Å². The second-order valence-corrected chi connectivity index (χ2v) is 15.3. The second kappa shape index (κ2) is 12.9. The third-order valence-corrected chi connectivity index (χ3v) is 12.0. The van der Waals surface area contributed by atoms with Gasteiger partial charge in [-0.1, -0.05) is 36.4 Å². The summed E-state index contributed by atoms with van der Waals surface area (Å²) < 4.78 is 0. The lowest BCUT2D eigenvalue weighted by Gasteiger charge is -2.43. The Balaban J connectivity index is 0.000000246. The van der Waals surface area contributed by atoms with Crippen molar-refractivity contribution in [3.63, 3.8) is 0 Å². The van der Waals surface area contributed by atoms with Gasteiger partial charge in [0.15, 0.2) is 5.78 Å². The van der Waals surface area contributed by atoms with Crippen molar-refractivity contribution >= 4 is 44.5 Å². The van der Waals surface area contributed by atoms with E-state index < -0.39 is 0 Å². The Bertz CT molecular complexity index is 2190. The topological polar surface area (TPSA) is 90.2 Å². The summed E-state index contributed by atoms with van der Waals surface area (Å²) in [6, 6.07) is 13.9. The molecule has 1 amide bonds. The van der Waals surface area contributed by atoms with Gasteiger partial charge in [0.2, 0.25) is 5.91 Å². The fraction of sp³-hybridized carbons (Fsp3) is 0.386. The molecular weight excluding hydrogens is 631 g/mol. The molecule has 0 spiro atoms. The van der Waals surface area contributed by atoms with Gasteiger partial charge in [-0.25, -0.2) is 0 Å². The van der Waals surface area contributed by atoms with Gasteiger partial charge in [-0.15, -0.1) is 0 Å². The van der Waals surface area contributed by atoms with Crippen molar-refractivity contribution in [1.29, 1.82) is 5.26 Å². The van der Waals surface area contributed by atoms with Gasteiger partial charge in [0.05, 0.1) is 11.6 Å². The number of anilines is 1. The van der Waals surface area contributed by atoms with E-state index in [0.717, 1.165) is 62.5 Å². The normalized spacial score (nSPS) is 22.5. The first-order valence-corrected chi connectivity index (χ1v) is 18.8. The SMILES string of the molecule is C=CC(=O)[C@@H]1CC=CC2=C1CCc1c2ccc2c(C3CC3)cc(N3CCN(C(=O)C4CC4)C(C4CC4)C3)cc12.N#Cc1cncc2cnccc12. The first-order valence-electron chi connectivity index (χ1n) is 18.8. The second-order valence-electron chi connectivity index (χ2n) is 15.3. The number of fused-ring (bicyclic) bond motifs is 5. The molecule has 1 saturated heterocycles. The number of aryl methyl sites for hydroxylation is 1. The number of benzene rings is 2. The third kappa shape index (κ3) is 5.95. The van der Waals surface area contributed by atoms with Crippen LogP contribution < -0.4 is 4.90 Å². The number of carbonyl (C=O) groups excluding carboxylic acids is 2. The maximum atomic E-state index is 13.1. The number of carbonyl (C=O) groups is 2. The predicted octanol–water partition coefficient (Wildman–Crippen LogP) is 8.09. The molecule has 3 heterocycles. The van der Waals surface area contributed by atoms with Crippen molar-refractivity contribution in [3.8, 4) is 6.07 Å². The number of amides is 1. The molecule has 7 nitrogen and oxygen atoms in total. The summed E-state index contributed by atoms with van der Waals surface area (Å²) in [6.07, 6.45) is 22.6. The van der Waals surface area contributed by atoms with Gasteiger partial charge < -0.3 is 9.80 Å². The highest BCUT2D eigenvalue weighted by Crippen LogP contribution is 2.49. The highest BCUT2D eigenvalue weighted by Gasteiger charge is 2.44. The molecule has 10 rings (SSSR count). The highest BCUT2D eigenvalue weighted by atomic mass is 16.2. The molecule has 51 heavy (non-hydrogen) atoms. The Morgan fingerprint density at radius 1 is 0.922 bits per heavy atom. The van der Waals surface area contributed by atoms with Crippen molar-refractivity contribution in [2.75, 3.05) is 24.5 Å². The minimum Gasteiger partial charge on any atom is -0.368 e. The number of ketones is 1. The van der Waals surface area contributed by atoms with Crippen LogP contribution in [0.4, 0.5) is 5.69 Å². The van der Waals surface area contributed by atoms with Crippen LogP contribution in [-0.4, -0.2) is 52.2 Å². The van der Waals surface area contributed by atoms with Gasteiger partial charge >= 0.3 is 0 Å². The number of allylic oxidation sites excluding steroid dienone is 5. The molecule has 2 aromatic carbocycles. The van der Waals surface area contributed by atoms with Gasteiger partial charge in [0.1, 0.15) is 6.07 Å². The highest BCUT2D eigenvalue weighted by molar-refractivity contribution is 6.01. The third-order valence-electron chi connectivity index (χ3n) is 12.0.